The van der Waals surface area contributed by atoms with Crippen molar-refractivity contribution < 1.29 is 28.4 Å². The van der Waals surface area contributed by atoms with Crippen LogP contribution in [0.15, 0.2) is 36.4 Å². The minimum atomic E-state index is 0.0564. The van der Waals surface area contributed by atoms with Crippen LogP contribution in [-0.4, -0.2) is 39.6 Å². The quantitative estimate of drug-likeness (QED) is 0.219. The van der Waals surface area contributed by atoms with E-state index in [1.54, 1.807) is 0 Å². The molecule has 0 N–H and O–H groups in total. The molecule has 0 amide bonds. The van der Waals surface area contributed by atoms with Crippen LogP contribution in [0.1, 0.15) is 33.4 Å². The molecule has 6 heteroatoms. The number of rotatable bonds is 12. The summed E-state index contributed by atoms with van der Waals surface area (Å²) in [4.78, 5) is 0. The molecule has 0 unspecified atom stereocenters. The average molecular weight is 595 g/mol. The van der Waals surface area contributed by atoms with Gasteiger partial charge >= 0.3 is 0 Å². The van der Waals surface area contributed by atoms with E-state index in [1.807, 2.05) is 36.4 Å². The smallest absolute Gasteiger partial charge is 0.163 e. The molecule has 0 spiro atoms. The predicted octanol–water partition coefficient (Wildman–Crippen LogP) is 4.84. The molecule has 6 nitrogen and oxygen atoms in total. The molecule has 0 bridgehead atoms. The van der Waals surface area contributed by atoms with Crippen LogP contribution in [0.4, 0.5) is 0 Å². The van der Waals surface area contributed by atoms with Crippen LogP contribution < -0.4 is 28.4 Å². The van der Waals surface area contributed by atoms with E-state index in [1.165, 1.54) is 0 Å². The average Bonchev–Trinajstić information content (AvgIpc) is 3.10. The van der Waals surface area contributed by atoms with Gasteiger partial charge in [0.1, 0.15) is 39.6 Å². The second kappa shape index (κ2) is 15.9. The van der Waals surface area contributed by atoms with E-state index in [-0.39, 0.29) is 39.6 Å². The molecule has 4 rings (SSSR count). The van der Waals surface area contributed by atoms with Crippen molar-refractivity contribution in [3.8, 4) is 109 Å². The van der Waals surface area contributed by atoms with Crippen molar-refractivity contribution in [2.75, 3.05) is 39.6 Å². The lowest BCUT2D eigenvalue weighted by atomic mass is 9.94. The maximum absolute atomic E-state index is 5.88. The third-order valence-electron chi connectivity index (χ3n) is 6.81. The van der Waals surface area contributed by atoms with Gasteiger partial charge in [-0.3, -0.25) is 0 Å². The summed E-state index contributed by atoms with van der Waals surface area (Å²) in [5.74, 6) is 17.9. The van der Waals surface area contributed by atoms with E-state index >= 15 is 0 Å². The van der Waals surface area contributed by atoms with Gasteiger partial charge in [-0.15, -0.1) is 38.5 Å². The fraction of sp³-hybridized carbons (Fsp3) is 0.231. The van der Waals surface area contributed by atoms with Crippen LogP contribution in [0.5, 0.6) is 34.5 Å². The SMILES string of the molecule is C#CCOc1cc2c(cc1OCC#C)Cc1cc(OCC#C)c(OCC#C)cc1Cc1cc(OCC#C)c(OCC#C)cc1C2. The lowest BCUT2D eigenvalue weighted by molar-refractivity contribution is 0.313. The Morgan fingerprint density at radius 3 is 0.622 bits per heavy atom. The number of ether oxygens (including phenoxy) is 6. The Hall–Kier alpha value is -6.18. The molecule has 45 heavy (non-hydrogen) atoms. The standard InChI is InChI=1S/C39H30O6/c1-7-13-40-34-22-28-19-30-24-36(42-15-9-3)38(44-17-11-5)26-32(30)21-33-27-39(45-18-12-6)37(43-16-10-4)25-31(33)20-29(28)23-35(34)41-14-8-2/h1-6,22-27H,13-21H2. The van der Waals surface area contributed by atoms with Gasteiger partial charge in [0, 0.05) is 0 Å². The highest BCUT2D eigenvalue weighted by molar-refractivity contribution is 5.58. The fourth-order valence-corrected chi connectivity index (χ4v) is 4.93. The lowest BCUT2D eigenvalue weighted by Crippen LogP contribution is -2.06. The summed E-state index contributed by atoms with van der Waals surface area (Å²) in [7, 11) is 0. The molecule has 0 aromatic heterocycles. The summed E-state index contributed by atoms with van der Waals surface area (Å²) in [6.45, 7) is 0.339. The first kappa shape index (κ1) is 31.7. The minimum absolute atomic E-state index is 0.0564. The summed E-state index contributed by atoms with van der Waals surface area (Å²) in [5, 5.41) is 0. The number of fused-ring (bicyclic) bond motifs is 3. The fourth-order valence-electron chi connectivity index (χ4n) is 4.93. The van der Waals surface area contributed by atoms with Gasteiger partial charge in [0.2, 0.25) is 0 Å². The third kappa shape index (κ3) is 8.01. The molecule has 3 aromatic carbocycles. The number of hydrogen-bond acceptors (Lipinski definition) is 6. The molecule has 0 saturated heterocycles. The Morgan fingerprint density at radius 2 is 0.489 bits per heavy atom. The Bertz CT molecular complexity index is 1470. The monoisotopic (exact) mass is 594 g/mol. The molecule has 1 aliphatic carbocycles. The predicted molar refractivity (Wildman–Crippen MR) is 174 cm³/mol. The summed E-state index contributed by atoms with van der Waals surface area (Å²) < 4.78 is 35.3. The highest BCUT2D eigenvalue weighted by Gasteiger charge is 2.23. The molecule has 3 aromatic rings. The van der Waals surface area contributed by atoms with Gasteiger partial charge in [-0.25, -0.2) is 0 Å². The molecule has 0 fully saturated rings. The van der Waals surface area contributed by atoms with Gasteiger partial charge in [0.25, 0.3) is 0 Å². The van der Waals surface area contributed by atoms with Crippen molar-refractivity contribution in [2.45, 2.75) is 19.3 Å². The number of benzene rings is 3. The summed E-state index contributed by atoms with van der Waals surface area (Å²) in [6.07, 6.45) is 34.5. The zero-order chi connectivity index (χ0) is 32.0. The van der Waals surface area contributed by atoms with Crippen LogP contribution >= 0.6 is 0 Å². The van der Waals surface area contributed by atoms with Gasteiger partial charge in [-0.1, -0.05) is 35.5 Å². The first-order chi connectivity index (χ1) is 22.0. The molecule has 222 valence electrons. The lowest BCUT2D eigenvalue weighted by Gasteiger charge is -2.18. The molecular weight excluding hydrogens is 564 g/mol. The minimum Gasteiger partial charge on any atom is -0.477 e. The van der Waals surface area contributed by atoms with Crippen molar-refractivity contribution in [3.05, 3.63) is 69.8 Å². The molecule has 1 aliphatic rings. The zero-order valence-corrected chi connectivity index (χ0v) is 24.7. The first-order valence-corrected chi connectivity index (χ1v) is 13.9. The Morgan fingerprint density at radius 1 is 0.333 bits per heavy atom. The topological polar surface area (TPSA) is 55.4 Å². The molecule has 0 atom stereocenters. The van der Waals surface area contributed by atoms with Crippen molar-refractivity contribution >= 4 is 0 Å². The molecule has 0 saturated carbocycles. The van der Waals surface area contributed by atoms with Crippen molar-refractivity contribution in [1.82, 2.24) is 0 Å². The van der Waals surface area contributed by atoms with Gasteiger partial charge in [0.05, 0.1) is 0 Å². The van der Waals surface area contributed by atoms with E-state index in [4.69, 9.17) is 67.0 Å². The maximum Gasteiger partial charge on any atom is 0.163 e. The van der Waals surface area contributed by atoms with E-state index in [2.05, 4.69) is 35.5 Å². The third-order valence-corrected chi connectivity index (χ3v) is 6.81. The van der Waals surface area contributed by atoms with Crippen LogP contribution in [0.2, 0.25) is 0 Å². The van der Waals surface area contributed by atoms with Gasteiger partial charge in [-0.2, -0.15) is 0 Å². The van der Waals surface area contributed by atoms with Gasteiger partial charge in [-0.05, 0) is 89.0 Å². The summed E-state index contributed by atoms with van der Waals surface area (Å²) in [5.41, 5.74) is 5.85. The normalized spacial score (nSPS) is 10.8. The Kier molecular flexibility index (Phi) is 11.2. The second-order valence-electron chi connectivity index (χ2n) is 9.69. The van der Waals surface area contributed by atoms with Gasteiger partial charge in [0.15, 0.2) is 34.5 Å². The largest absolute Gasteiger partial charge is 0.477 e. The van der Waals surface area contributed by atoms with Crippen molar-refractivity contribution in [3.63, 3.8) is 0 Å². The molecule has 0 heterocycles. The van der Waals surface area contributed by atoms with Crippen molar-refractivity contribution in [2.24, 2.45) is 0 Å². The molecule has 0 aliphatic heterocycles. The van der Waals surface area contributed by atoms with E-state index in [0.717, 1.165) is 33.4 Å². The zero-order valence-electron chi connectivity index (χ0n) is 24.7. The van der Waals surface area contributed by atoms with Gasteiger partial charge < -0.3 is 28.4 Å². The van der Waals surface area contributed by atoms with Crippen LogP contribution in [-0.2, 0) is 19.3 Å². The van der Waals surface area contributed by atoms with E-state index in [9.17, 15) is 0 Å². The summed E-state index contributed by atoms with van der Waals surface area (Å²) in [6, 6.07) is 11.6. The molecule has 0 radical (unpaired) electrons. The van der Waals surface area contributed by atoms with Crippen LogP contribution in [0, 0.1) is 74.1 Å². The highest BCUT2D eigenvalue weighted by Crippen LogP contribution is 2.41. The molecular formula is C39H30O6. The van der Waals surface area contributed by atoms with Crippen molar-refractivity contribution in [1.29, 1.82) is 0 Å². The summed E-state index contributed by atoms with van der Waals surface area (Å²) >= 11 is 0. The van der Waals surface area contributed by atoms with Crippen LogP contribution in [0.3, 0.4) is 0 Å². The number of hydrogen-bond donors (Lipinski definition) is 0. The Labute approximate surface area is 265 Å². The van der Waals surface area contributed by atoms with E-state index < -0.39 is 0 Å². The second-order valence-corrected chi connectivity index (χ2v) is 9.69. The highest BCUT2D eigenvalue weighted by atomic mass is 16.5. The maximum atomic E-state index is 5.88. The number of terminal acetylenes is 6. The Balaban J connectivity index is 1.98. The van der Waals surface area contributed by atoms with E-state index in [0.29, 0.717) is 53.8 Å². The first-order valence-electron chi connectivity index (χ1n) is 13.9. The van der Waals surface area contributed by atoms with Crippen LogP contribution in [0.25, 0.3) is 0 Å².